The zero-order valence-electron chi connectivity index (χ0n) is 11.2. The molecule has 0 spiro atoms. The van der Waals surface area contributed by atoms with Crippen molar-refractivity contribution in [1.82, 2.24) is 5.32 Å². The van der Waals surface area contributed by atoms with E-state index in [2.05, 4.69) is 11.4 Å². The summed E-state index contributed by atoms with van der Waals surface area (Å²) < 4.78 is 0. The quantitative estimate of drug-likeness (QED) is 0.784. The topological polar surface area (TPSA) is 49.3 Å². The fourth-order valence-corrected chi connectivity index (χ4v) is 1.73. The summed E-state index contributed by atoms with van der Waals surface area (Å²) in [5.41, 5.74) is 3.42. The molecule has 18 heavy (non-hydrogen) atoms. The maximum atomic E-state index is 11.6. The van der Waals surface area contributed by atoms with E-state index in [0.29, 0.717) is 6.42 Å². The van der Waals surface area contributed by atoms with Crippen LogP contribution < -0.4 is 5.32 Å². The number of nitrogens with one attached hydrogen (secondary N) is 1. The SMILES string of the molecule is Cc1ccc(/C=C/C(=O)NC(C)CCO)c(C)c1. The Labute approximate surface area is 109 Å². The Kier molecular flexibility index (Phi) is 5.59. The molecule has 1 unspecified atom stereocenters. The minimum absolute atomic E-state index is 0.00809. The van der Waals surface area contributed by atoms with Crippen molar-refractivity contribution >= 4 is 12.0 Å². The highest BCUT2D eigenvalue weighted by Crippen LogP contribution is 2.11. The summed E-state index contributed by atoms with van der Waals surface area (Å²) >= 11 is 0. The van der Waals surface area contributed by atoms with Gasteiger partial charge in [-0.1, -0.05) is 23.8 Å². The summed E-state index contributed by atoms with van der Waals surface area (Å²) in [7, 11) is 0. The Morgan fingerprint density at radius 3 is 2.78 bits per heavy atom. The average molecular weight is 247 g/mol. The normalized spacial score (nSPS) is 12.7. The van der Waals surface area contributed by atoms with E-state index in [4.69, 9.17) is 5.11 Å². The van der Waals surface area contributed by atoms with Crippen LogP contribution in [0.2, 0.25) is 0 Å². The fourth-order valence-electron chi connectivity index (χ4n) is 1.73. The molecule has 0 fully saturated rings. The van der Waals surface area contributed by atoms with E-state index < -0.39 is 0 Å². The molecular formula is C15H21NO2. The smallest absolute Gasteiger partial charge is 0.244 e. The van der Waals surface area contributed by atoms with Gasteiger partial charge in [0.25, 0.3) is 0 Å². The van der Waals surface area contributed by atoms with Crippen molar-refractivity contribution in [3.63, 3.8) is 0 Å². The molecule has 0 aliphatic carbocycles. The van der Waals surface area contributed by atoms with Crippen LogP contribution >= 0.6 is 0 Å². The zero-order chi connectivity index (χ0) is 13.5. The van der Waals surface area contributed by atoms with Gasteiger partial charge in [0.1, 0.15) is 0 Å². The molecule has 0 aliphatic rings. The lowest BCUT2D eigenvalue weighted by molar-refractivity contribution is -0.117. The molecule has 3 heteroatoms. The molecule has 0 saturated carbocycles. The highest BCUT2D eigenvalue weighted by molar-refractivity contribution is 5.92. The van der Waals surface area contributed by atoms with Crippen LogP contribution in [-0.2, 0) is 4.79 Å². The molecule has 1 atom stereocenters. The monoisotopic (exact) mass is 247 g/mol. The maximum absolute atomic E-state index is 11.6. The maximum Gasteiger partial charge on any atom is 0.244 e. The van der Waals surface area contributed by atoms with E-state index in [9.17, 15) is 4.79 Å². The van der Waals surface area contributed by atoms with Crippen LogP contribution in [0.4, 0.5) is 0 Å². The number of carbonyl (C=O) groups excluding carboxylic acids is 1. The second-order valence-electron chi connectivity index (χ2n) is 4.62. The van der Waals surface area contributed by atoms with Gasteiger partial charge in [-0.15, -0.1) is 0 Å². The fraction of sp³-hybridized carbons (Fsp3) is 0.400. The van der Waals surface area contributed by atoms with Gasteiger partial charge in [-0.3, -0.25) is 4.79 Å². The van der Waals surface area contributed by atoms with Crippen molar-refractivity contribution in [2.75, 3.05) is 6.61 Å². The molecule has 0 saturated heterocycles. The first-order valence-electron chi connectivity index (χ1n) is 6.19. The Hall–Kier alpha value is -1.61. The number of aliphatic hydroxyl groups excluding tert-OH is 1. The van der Waals surface area contributed by atoms with Gasteiger partial charge >= 0.3 is 0 Å². The average Bonchev–Trinajstić information content (AvgIpc) is 2.28. The van der Waals surface area contributed by atoms with Crippen molar-refractivity contribution in [3.8, 4) is 0 Å². The second-order valence-corrected chi connectivity index (χ2v) is 4.62. The van der Waals surface area contributed by atoms with Crippen LogP contribution in [0.3, 0.4) is 0 Å². The number of benzene rings is 1. The van der Waals surface area contributed by atoms with Gasteiger partial charge in [0.05, 0.1) is 0 Å². The molecule has 0 aliphatic heterocycles. The lowest BCUT2D eigenvalue weighted by atomic mass is 10.1. The minimum atomic E-state index is -0.129. The first-order valence-corrected chi connectivity index (χ1v) is 6.19. The molecule has 98 valence electrons. The standard InChI is InChI=1S/C15H21NO2/c1-11-4-5-14(12(2)10-11)6-7-15(18)16-13(3)8-9-17/h4-7,10,13,17H,8-9H2,1-3H3,(H,16,18)/b7-6+. The van der Waals surface area contributed by atoms with Gasteiger partial charge in [-0.05, 0) is 44.4 Å². The van der Waals surface area contributed by atoms with E-state index in [1.807, 2.05) is 39.0 Å². The number of aliphatic hydroxyl groups is 1. The largest absolute Gasteiger partial charge is 0.396 e. The Morgan fingerprint density at radius 2 is 2.17 bits per heavy atom. The minimum Gasteiger partial charge on any atom is -0.396 e. The molecule has 0 heterocycles. The number of aryl methyl sites for hydroxylation is 2. The van der Waals surface area contributed by atoms with Crippen LogP contribution in [-0.4, -0.2) is 23.7 Å². The van der Waals surface area contributed by atoms with Gasteiger partial charge < -0.3 is 10.4 Å². The molecule has 0 bridgehead atoms. The predicted octanol–water partition coefficient (Wildman–Crippen LogP) is 2.20. The number of amides is 1. The predicted molar refractivity (Wildman–Crippen MR) is 74.3 cm³/mol. The number of rotatable bonds is 5. The molecule has 2 N–H and O–H groups in total. The van der Waals surface area contributed by atoms with E-state index >= 15 is 0 Å². The Bertz CT molecular complexity index is 438. The second kappa shape index (κ2) is 6.97. The lowest BCUT2D eigenvalue weighted by Crippen LogP contribution is -2.31. The molecule has 1 aromatic rings. The van der Waals surface area contributed by atoms with Crippen molar-refractivity contribution < 1.29 is 9.90 Å². The van der Waals surface area contributed by atoms with Crippen molar-refractivity contribution in [2.45, 2.75) is 33.2 Å². The zero-order valence-corrected chi connectivity index (χ0v) is 11.2. The Balaban J connectivity index is 2.60. The van der Waals surface area contributed by atoms with Crippen molar-refractivity contribution in [2.24, 2.45) is 0 Å². The Morgan fingerprint density at radius 1 is 1.44 bits per heavy atom. The van der Waals surface area contributed by atoms with E-state index in [0.717, 1.165) is 11.1 Å². The van der Waals surface area contributed by atoms with Crippen LogP contribution in [0.15, 0.2) is 24.3 Å². The van der Waals surface area contributed by atoms with Crippen molar-refractivity contribution in [1.29, 1.82) is 0 Å². The van der Waals surface area contributed by atoms with Crippen LogP contribution in [0, 0.1) is 13.8 Å². The van der Waals surface area contributed by atoms with Crippen molar-refractivity contribution in [3.05, 3.63) is 41.0 Å². The van der Waals surface area contributed by atoms with Gasteiger partial charge in [-0.2, -0.15) is 0 Å². The van der Waals surface area contributed by atoms with Crippen LogP contribution in [0.5, 0.6) is 0 Å². The summed E-state index contributed by atoms with van der Waals surface area (Å²) in [6.45, 7) is 6.03. The third kappa shape index (κ3) is 4.72. The highest BCUT2D eigenvalue weighted by Gasteiger charge is 2.03. The summed E-state index contributed by atoms with van der Waals surface area (Å²) in [6, 6.07) is 6.11. The van der Waals surface area contributed by atoms with Crippen LogP contribution in [0.1, 0.15) is 30.0 Å². The number of hydrogen-bond acceptors (Lipinski definition) is 2. The summed E-state index contributed by atoms with van der Waals surface area (Å²) in [5, 5.41) is 11.5. The van der Waals surface area contributed by atoms with Gasteiger partial charge in [-0.25, -0.2) is 0 Å². The van der Waals surface area contributed by atoms with Gasteiger partial charge in [0, 0.05) is 18.7 Å². The van der Waals surface area contributed by atoms with E-state index in [1.54, 1.807) is 0 Å². The third-order valence-electron chi connectivity index (χ3n) is 2.79. The number of carbonyl (C=O) groups is 1. The first kappa shape index (κ1) is 14.5. The highest BCUT2D eigenvalue weighted by atomic mass is 16.3. The van der Waals surface area contributed by atoms with Gasteiger partial charge in [0.2, 0.25) is 5.91 Å². The molecule has 1 amide bonds. The first-order chi connectivity index (χ1) is 8.52. The molecule has 1 rings (SSSR count). The van der Waals surface area contributed by atoms with E-state index in [1.165, 1.54) is 11.6 Å². The molecular weight excluding hydrogens is 226 g/mol. The van der Waals surface area contributed by atoms with E-state index in [-0.39, 0.29) is 18.6 Å². The van der Waals surface area contributed by atoms with Crippen LogP contribution in [0.25, 0.3) is 6.08 Å². The summed E-state index contributed by atoms with van der Waals surface area (Å²) in [6.07, 6.45) is 3.92. The third-order valence-corrected chi connectivity index (χ3v) is 2.79. The summed E-state index contributed by atoms with van der Waals surface area (Å²) in [4.78, 5) is 11.6. The number of hydrogen-bond donors (Lipinski definition) is 2. The molecule has 3 nitrogen and oxygen atoms in total. The molecule has 0 aromatic heterocycles. The lowest BCUT2D eigenvalue weighted by Gasteiger charge is -2.10. The van der Waals surface area contributed by atoms with Gasteiger partial charge in [0.15, 0.2) is 0 Å². The summed E-state index contributed by atoms with van der Waals surface area (Å²) in [5.74, 6) is -0.129. The molecule has 0 radical (unpaired) electrons. The molecule has 1 aromatic carbocycles.